The van der Waals surface area contributed by atoms with Crippen LogP contribution < -0.4 is 0 Å². The van der Waals surface area contributed by atoms with E-state index in [2.05, 4.69) is 13.8 Å². The summed E-state index contributed by atoms with van der Waals surface area (Å²) in [6.45, 7) is 4.56. The van der Waals surface area contributed by atoms with Crippen molar-refractivity contribution in [2.75, 3.05) is 0 Å². The summed E-state index contributed by atoms with van der Waals surface area (Å²) in [6.07, 6.45) is 48.9. The van der Waals surface area contributed by atoms with E-state index in [9.17, 15) is 19.8 Å². The van der Waals surface area contributed by atoms with Crippen molar-refractivity contribution in [1.82, 2.24) is 0 Å². The van der Waals surface area contributed by atoms with Gasteiger partial charge in [-0.05, 0) is 48.9 Å². The Hall–Kier alpha value is -1.84. The predicted molar refractivity (Wildman–Crippen MR) is 225 cm³/mol. The number of carboxylic acids is 2. The van der Waals surface area contributed by atoms with E-state index in [0.717, 1.165) is 36.8 Å². The monoisotopic (exact) mass is 727 g/mol. The summed E-state index contributed by atoms with van der Waals surface area (Å²) in [5.74, 6) is -1.87. The van der Waals surface area contributed by atoms with Gasteiger partial charge >= 0.3 is 11.9 Å². The van der Waals surface area contributed by atoms with Gasteiger partial charge in [0, 0.05) is 0 Å². The van der Waals surface area contributed by atoms with Crippen LogP contribution in [0.4, 0.5) is 0 Å². The molecule has 0 bridgehead atoms. The van der Waals surface area contributed by atoms with Crippen LogP contribution in [0.5, 0.6) is 0 Å². The lowest BCUT2D eigenvalue weighted by molar-refractivity contribution is 0.0679. The van der Waals surface area contributed by atoms with E-state index in [0.29, 0.717) is 24.0 Å². The van der Waals surface area contributed by atoms with E-state index in [1.807, 2.05) is 0 Å². The fraction of sp³-hybridized carbons (Fsp3) is 0.833. The van der Waals surface area contributed by atoms with Crippen molar-refractivity contribution in [2.24, 2.45) is 0 Å². The molecule has 4 heteroatoms. The highest BCUT2D eigenvalue weighted by molar-refractivity contribution is 5.95. The third-order valence-electron chi connectivity index (χ3n) is 11.5. The molecule has 0 amide bonds. The number of carbonyl (C=O) groups is 2. The van der Waals surface area contributed by atoms with E-state index in [-0.39, 0.29) is 0 Å². The van der Waals surface area contributed by atoms with E-state index >= 15 is 0 Å². The van der Waals surface area contributed by atoms with Crippen LogP contribution >= 0.6 is 0 Å². The topological polar surface area (TPSA) is 74.6 Å². The highest BCUT2D eigenvalue weighted by atomic mass is 16.4. The fourth-order valence-corrected chi connectivity index (χ4v) is 8.07. The first kappa shape index (κ1) is 48.2. The SMILES string of the molecule is CCCCCCCCCCCCCCCCCCCCc1c(C(=O)O)ccc(C(=O)O)c1CCCCCCCCCCCCCCCCCCCC. The lowest BCUT2D eigenvalue weighted by Gasteiger charge is -2.16. The van der Waals surface area contributed by atoms with Gasteiger partial charge in [0.1, 0.15) is 0 Å². The highest BCUT2D eigenvalue weighted by Gasteiger charge is 2.20. The average molecular weight is 727 g/mol. The molecule has 0 aromatic heterocycles. The van der Waals surface area contributed by atoms with Gasteiger partial charge in [-0.15, -0.1) is 0 Å². The zero-order valence-electron chi connectivity index (χ0n) is 34.7. The van der Waals surface area contributed by atoms with E-state index < -0.39 is 11.9 Å². The standard InChI is InChI=1S/C48H86O4/c1-3-5-7-9-11-13-15-17-19-21-23-25-27-29-31-33-35-37-39-43-44(46(48(51)52)42-41-45(43)47(49)50)40-38-36-34-32-30-28-26-24-22-20-18-16-14-12-10-8-6-4-2/h41-42H,3-40H2,1-2H3,(H,49,50)(H,51,52). The third kappa shape index (κ3) is 26.9. The van der Waals surface area contributed by atoms with Crippen LogP contribution in [0.15, 0.2) is 12.1 Å². The van der Waals surface area contributed by atoms with Crippen molar-refractivity contribution in [2.45, 2.75) is 258 Å². The molecule has 0 spiro atoms. The number of aromatic carboxylic acids is 2. The lowest BCUT2D eigenvalue weighted by Crippen LogP contribution is -2.12. The van der Waals surface area contributed by atoms with E-state index in [1.165, 1.54) is 218 Å². The number of rotatable bonds is 40. The molecule has 2 N–H and O–H groups in total. The molecule has 0 aliphatic rings. The van der Waals surface area contributed by atoms with Gasteiger partial charge in [-0.1, -0.05) is 232 Å². The summed E-state index contributed by atoms with van der Waals surface area (Å²) in [7, 11) is 0. The quantitative estimate of drug-likeness (QED) is 0.0660. The number of hydrogen-bond donors (Lipinski definition) is 2. The summed E-state index contributed by atoms with van der Waals surface area (Å²) >= 11 is 0. The fourth-order valence-electron chi connectivity index (χ4n) is 8.07. The van der Waals surface area contributed by atoms with Crippen molar-refractivity contribution in [3.63, 3.8) is 0 Å². The minimum absolute atomic E-state index is 0.300. The molecule has 0 aliphatic carbocycles. The van der Waals surface area contributed by atoms with Gasteiger partial charge < -0.3 is 10.2 Å². The van der Waals surface area contributed by atoms with Crippen LogP contribution in [0.1, 0.15) is 277 Å². The Balaban J connectivity index is 2.21. The Bertz CT molecular complexity index is 892. The maximum atomic E-state index is 12.1. The van der Waals surface area contributed by atoms with Gasteiger partial charge in [0.05, 0.1) is 11.1 Å². The van der Waals surface area contributed by atoms with E-state index in [1.54, 1.807) is 0 Å². The number of unbranched alkanes of at least 4 members (excludes halogenated alkanes) is 34. The Labute approximate surface area is 323 Å². The van der Waals surface area contributed by atoms with Gasteiger partial charge in [0.2, 0.25) is 0 Å². The van der Waals surface area contributed by atoms with Crippen molar-refractivity contribution < 1.29 is 19.8 Å². The molecule has 0 saturated heterocycles. The molecule has 0 heterocycles. The maximum Gasteiger partial charge on any atom is 0.335 e. The van der Waals surface area contributed by atoms with Crippen molar-refractivity contribution in [3.8, 4) is 0 Å². The first-order valence-corrected chi connectivity index (χ1v) is 23.1. The van der Waals surface area contributed by atoms with Crippen LogP contribution in [0, 0.1) is 0 Å². The molecule has 0 radical (unpaired) electrons. The molecule has 302 valence electrons. The highest BCUT2D eigenvalue weighted by Crippen LogP contribution is 2.26. The largest absolute Gasteiger partial charge is 0.478 e. The minimum Gasteiger partial charge on any atom is -0.478 e. The molecule has 4 nitrogen and oxygen atoms in total. The second-order valence-corrected chi connectivity index (χ2v) is 16.2. The second-order valence-electron chi connectivity index (χ2n) is 16.2. The Kier molecular flexibility index (Phi) is 33.5. The van der Waals surface area contributed by atoms with Gasteiger partial charge in [0.25, 0.3) is 0 Å². The van der Waals surface area contributed by atoms with Gasteiger partial charge in [-0.25, -0.2) is 9.59 Å². The Morgan fingerprint density at radius 3 is 0.673 bits per heavy atom. The Morgan fingerprint density at radius 2 is 0.500 bits per heavy atom. The summed E-state index contributed by atoms with van der Waals surface area (Å²) < 4.78 is 0. The molecule has 1 rings (SSSR count). The average Bonchev–Trinajstić information content (AvgIpc) is 3.13. The molecule has 0 fully saturated rings. The van der Waals surface area contributed by atoms with E-state index in [4.69, 9.17) is 0 Å². The van der Waals surface area contributed by atoms with Crippen LogP contribution in [0.25, 0.3) is 0 Å². The van der Waals surface area contributed by atoms with Crippen LogP contribution in [-0.2, 0) is 12.8 Å². The molecule has 0 aliphatic heterocycles. The van der Waals surface area contributed by atoms with Crippen LogP contribution in [0.3, 0.4) is 0 Å². The number of carboxylic acid groups (broad SMARTS) is 2. The summed E-state index contributed by atoms with van der Waals surface area (Å²) in [5.41, 5.74) is 2.15. The maximum absolute atomic E-state index is 12.1. The molecule has 1 aromatic rings. The smallest absolute Gasteiger partial charge is 0.335 e. The first-order valence-electron chi connectivity index (χ1n) is 23.1. The zero-order valence-corrected chi connectivity index (χ0v) is 34.7. The van der Waals surface area contributed by atoms with Crippen LogP contribution in [-0.4, -0.2) is 22.2 Å². The van der Waals surface area contributed by atoms with Crippen molar-refractivity contribution in [1.29, 1.82) is 0 Å². The summed E-state index contributed by atoms with van der Waals surface area (Å²) in [4.78, 5) is 24.3. The second kappa shape index (κ2) is 36.2. The molecule has 52 heavy (non-hydrogen) atoms. The molecular formula is C48H86O4. The number of hydrogen-bond acceptors (Lipinski definition) is 2. The molecular weight excluding hydrogens is 641 g/mol. The van der Waals surface area contributed by atoms with Crippen molar-refractivity contribution >= 4 is 11.9 Å². The lowest BCUT2D eigenvalue weighted by atomic mass is 9.88. The predicted octanol–water partition coefficient (Wildman–Crippen LogP) is 16.3. The van der Waals surface area contributed by atoms with Gasteiger partial charge in [0.15, 0.2) is 0 Å². The minimum atomic E-state index is -0.937. The summed E-state index contributed by atoms with van der Waals surface area (Å²) in [6, 6.07) is 3.05. The zero-order chi connectivity index (χ0) is 37.7. The molecule has 1 aromatic carbocycles. The third-order valence-corrected chi connectivity index (χ3v) is 11.5. The van der Waals surface area contributed by atoms with Gasteiger partial charge in [-0.3, -0.25) is 0 Å². The molecule has 0 atom stereocenters. The first-order chi connectivity index (χ1) is 25.5. The molecule has 0 unspecified atom stereocenters. The van der Waals surface area contributed by atoms with Gasteiger partial charge in [-0.2, -0.15) is 0 Å². The Morgan fingerprint density at radius 1 is 0.327 bits per heavy atom. The summed E-state index contributed by atoms with van der Waals surface area (Å²) in [5, 5.41) is 19.9. The van der Waals surface area contributed by atoms with Crippen molar-refractivity contribution in [3.05, 3.63) is 34.4 Å². The number of benzene rings is 1. The van der Waals surface area contributed by atoms with Crippen LogP contribution in [0.2, 0.25) is 0 Å². The molecule has 0 saturated carbocycles. The normalized spacial score (nSPS) is 11.4.